The van der Waals surface area contributed by atoms with Crippen molar-refractivity contribution in [2.24, 2.45) is 11.8 Å². The van der Waals surface area contributed by atoms with E-state index in [0.717, 1.165) is 30.1 Å². The van der Waals surface area contributed by atoms with Gasteiger partial charge in [-0.1, -0.05) is 18.5 Å². The van der Waals surface area contributed by atoms with Crippen molar-refractivity contribution in [3.8, 4) is 0 Å². The van der Waals surface area contributed by atoms with Gasteiger partial charge in [0, 0.05) is 29.7 Å². The Morgan fingerprint density at radius 3 is 2.90 bits per heavy atom. The maximum Gasteiger partial charge on any atom is 0.223 e. The Balaban J connectivity index is 1.60. The van der Waals surface area contributed by atoms with Gasteiger partial charge in [-0.05, 0) is 44.2 Å². The van der Waals surface area contributed by atoms with Crippen LogP contribution in [0, 0.1) is 11.8 Å². The van der Waals surface area contributed by atoms with Crippen molar-refractivity contribution in [3.05, 3.63) is 21.3 Å². The zero-order valence-corrected chi connectivity index (χ0v) is 13.9. The molecule has 2 unspecified atom stereocenters. The number of hydrogen-bond donors (Lipinski definition) is 1. The molecule has 3 nitrogen and oxygen atoms in total. The predicted octanol–water partition coefficient (Wildman–Crippen LogP) is 3.85. The summed E-state index contributed by atoms with van der Waals surface area (Å²) in [5, 5.41) is 3.01. The lowest BCUT2D eigenvalue weighted by molar-refractivity contribution is -0.130. The van der Waals surface area contributed by atoms with Gasteiger partial charge >= 0.3 is 0 Å². The molecule has 0 spiro atoms. The molecule has 2 rings (SSSR count). The first-order chi connectivity index (χ1) is 10.1. The molecule has 1 aliphatic carbocycles. The van der Waals surface area contributed by atoms with Crippen LogP contribution in [0.25, 0.3) is 0 Å². The molecule has 0 saturated heterocycles. The van der Waals surface area contributed by atoms with E-state index in [1.165, 1.54) is 4.88 Å². The number of ketones is 1. The van der Waals surface area contributed by atoms with E-state index >= 15 is 0 Å². The third kappa shape index (κ3) is 5.11. The molecule has 1 fully saturated rings. The second-order valence-corrected chi connectivity index (χ2v) is 7.59. The first-order valence-electron chi connectivity index (χ1n) is 7.61. The molecule has 0 aliphatic heterocycles. The molecule has 1 heterocycles. The summed E-state index contributed by atoms with van der Waals surface area (Å²) in [6, 6.07) is 3.99. The van der Waals surface area contributed by atoms with E-state index in [-0.39, 0.29) is 17.7 Å². The smallest absolute Gasteiger partial charge is 0.223 e. The molecule has 1 saturated carbocycles. The van der Waals surface area contributed by atoms with E-state index in [2.05, 4.69) is 11.4 Å². The average molecular weight is 328 g/mol. The van der Waals surface area contributed by atoms with Crippen LogP contribution in [0.4, 0.5) is 0 Å². The van der Waals surface area contributed by atoms with Gasteiger partial charge in [-0.15, -0.1) is 11.3 Å². The maximum atomic E-state index is 12.0. The molecule has 1 N–H and O–H groups in total. The number of halogens is 1. The minimum Gasteiger partial charge on any atom is -0.356 e. The standard InChI is InChI=1S/C16H22ClNO2S/c1-11-10-12(5-7-14(11)19)16(20)18-9-3-2-4-13-6-8-15(17)21-13/h6,8,11-12H,2-5,7,9-10H2,1H3,(H,18,20). The number of aryl methyl sites for hydroxylation is 1. The Morgan fingerprint density at radius 2 is 2.24 bits per heavy atom. The van der Waals surface area contributed by atoms with Crippen molar-refractivity contribution in [2.45, 2.75) is 45.4 Å². The molecule has 1 aliphatic rings. The van der Waals surface area contributed by atoms with E-state index in [1.807, 2.05) is 13.0 Å². The van der Waals surface area contributed by atoms with Crippen molar-refractivity contribution in [1.29, 1.82) is 0 Å². The van der Waals surface area contributed by atoms with E-state index in [4.69, 9.17) is 11.6 Å². The molecule has 2 atom stereocenters. The average Bonchev–Trinajstić information content (AvgIpc) is 2.87. The Bertz CT molecular complexity index is 500. The quantitative estimate of drug-likeness (QED) is 0.807. The fourth-order valence-corrected chi connectivity index (χ4v) is 3.87. The number of rotatable bonds is 6. The molecule has 21 heavy (non-hydrogen) atoms. The van der Waals surface area contributed by atoms with Crippen molar-refractivity contribution < 1.29 is 9.59 Å². The molecule has 116 valence electrons. The molecular formula is C16H22ClNO2S. The van der Waals surface area contributed by atoms with E-state index in [9.17, 15) is 9.59 Å². The number of amides is 1. The van der Waals surface area contributed by atoms with Crippen LogP contribution in [0.1, 0.15) is 43.9 Å². The summed E-state index contributed by atoms with van der Waals surface area (Å²) < 4.78 is 0.833. The molecule has 1 amide bonds. The van der Waals surface area contributed by atoms with Crippen LogP contribution >= 0.6 is 22.9 Å². The fourth-order valence-electron chi connectivity index (χ4n) is 2.74. The van der Waals surface area contributed by atoms with Crippen molar-refractivity contribution in [2.75, 3.05) is 6.54 Å². The molecular weight excluding hydrogens is 306 g/mol. The number of hydrogen-bond acceptors (Lipinski definition) is 3. The summed E-state index contributed by atoms with van der Waals surface area (Å²) in [5.41, 5.74) is 0. The van der Waals surface area contributed by atoms with Gasteiger partial charge in [0.1, 0.15) is 5.78 Å². The normalized spacial score (nSPS) is 22.3. The molecule has 1 aromatic rings. The molecule has 1 aromatic heterocycles. The van der Waals surface area contributed by atoms with Gasteiger partial charge in [-0.25, -0.2) is 0 Å². The number of carbonyl (C=O) groups is 2. The SMILES string of the molecule is CC1CC(C(=O)NCCCCc2ccc(Cl)s2)CCC1=O. The largest absolute Gasteiger partial charge is 0.356 e. The molecule has 0 bridgehead atoms. The van der Waals surface area contributed by atoms with Crippen LogP contribution < -0.4 is 5.32 Å². The summed E-state index contributed by atoms with van der Waals surface area (Å²) in [5.74, 6) is 0.481. The zero-order chi connectivity index (χ0) is 15.2. The number of Topliss-reactive ketones (excluding diaryl/α,β-unsaturated/α-hetero) is 1. The van der Waals surface area contributed by atoms with Gasteiger partial charge in [0.05, 0.1) is 4.34 Å². The summed E-state index contributed by atoms with van der Waals surface area (Å²) in [6.45, 7) is 2.64. The van der Waals surface area contributed by atoms with Crippen molar-refractivity contribution in [1.82, 2.24) is 5.32 Å². The van der Waals surface area contributed by atoms with Crippen LogP contribution in [0.5, 0.6) is 0 Å². The number of nitrogens with one attached hydrogen (secondary N) is 1. The van der Waals surface area contributed by atoms with E-state index < -0.39 is 0 Å². The minimum absolute atomic E-state index is 0.0220. The van der Waals surface area contributed by atoms with Gasteiger partial charge in [0.2, 0.25) is 5.91 Å². The van der Waals surface area contributed by atoms with Gasteiger partial charge in [0.25, 0.3) is 0 Å². The zero-order valence-electron chi connectivity index (χ0n) is 12.4. The summed E-state index contributed by atoms with van der Waals surface area (Å²) in [6.07, 6.45) is 5.01. The number of carbonyl (C=O) groups excluding carboxylic acids is 2. The lowest BCUT2D eigenvalue weighted by atomic mass is 9.81. The van der Waals surface area contributed by atoms with E-state index in [1.54, 1.807) is 11.3 Å². The minimum atomic E-state index is 0.0220. The lowest BCUT2D eigenvalue weighted by Crippen LogP contribution is -2.36. The highest BCUT2D eigenvalue weighted by Gasteiger charge is 2.29. The number of thiophene rings is 1. The van der Waals surface area contributed by atoms with Crippen LogP contribution in [0.2, 0.25) is 4.34 Å². The van der Waals surface area contributed by atoms with Gasteiger partial charge in [-0.2, -0.15) is 0 Å². The van der Waals surface area contributed by atoms with Crippen LogP contribution in [-0.2, 0) is 16.0 Å². The Morgan fingerprint density at radius 1 is 1.43 bits per heavy atom. The summed E-state index contributed by atoms with van der Waals surface area (Å²) in [7, 11) is 0. The van der Waals surface area contributed by atoms with Crippen LogP contribution in [0.15, 0.2) is 12.1 Å². The second-order valence-electron chi connectivity index (χ2n) is 5.79. The predicted molar refractivity (Wildman–Crippen MR) is 86.8 cm³/mol. The van der Waals surface area contributed by atoms with Crippen LogP contribution in [0.3, 0.4) is 0 Å². The van der Waals surface area contributed by atoms with Gasteiger partial charge in [-0.3, -0.25) is 9.59 Å². The Hall–Kier alpha value is -0.870. The second kappa shape index (κ2) is 7.95. The van der Waals surface area contributed by atoms with Gasteiger partial charge < -0.3 is 5.32 Å². The maximum absolute atomic E-state index is 12.0. The van der Waals surface area contributed by atoms with Gasteiger partial charge in [0.15, 0.2) is 0 Å². The Kier molecular flexibility index (Phi) is 6.24. The van der Waals surface area contributed by atoms with E-state index in [0.29, 0.717) is 25.0 Å². The molecule has 5 heteroatoms. The third-order valence-corrected chi connectivity index (χ3v) is 5.37. The first-order valence-corrected chi connectivity index (χ1v) is 8.80. The number of unbranched alkanes of at least 4 members (excludes halogenated alkanes) is 1. The third-order valence-electron chi connectivity index (χ3n) is 4.08. The Labute approximate surface area is 135 Å². The topological polar surface area (TPSA) is 46.2 Å². The molecule has 0 radical (unpaired) electrons. The van der Waals surface area contributed by atoms with Crippen molar-refractivity contribution >= 4 is 34.6 Å². The van der Waals surface area contributed by atoms with Crippen LogP contribution in [-0.4, -0.2) is 18.2 Å². The molecule has 0 aromatic carbocycles. The highest BCUT2D eigenvalue weighted by Crippen LogP contribution is 2.26. The highest BCUT2D eigenvalue weighted by molar-refractivity contribution is 7.16. The summed E-state index contributed by atoms with van der Waals surface area (Å²) >= 11 is 7.51. The summed E-state index contributed by atoms with van der Waals surface area (Å²) in [4.78, 5) is 24.8. The lowest BCUT2D eigenvalue weighted by Gasteiger charge is -2.24. The fraction of sp³-hybridized carbons (Fsp3) is 0.625. The monoisotopic (exact) mass is 327 g/mol. The first kappa shape index (κ1) is 16.5. The van der Waals surface area contributed by atoms with Crippen molar-refractivity contribution in [3.63, 3.8) is 0 Å². The highest BCUT2D eigenvalue weighted by atomic mass is 35.5.